The van der Waals surface area contributed by atoms with Gasteiger partial charge in [0.2, 0.25) is 0 Å². The summed E-state index contributed by atoms with van der Waals surface area (Å²) >= 11 is 0. The number of imidazole rings is 1. The molecule has 2 rings (SSSR count). The topological polar surface area (TPSA) is 17.8 Å². The van der Waals surface area contributed by atoms with Gasteiger partial charge in [-0.15, -0.1) is 0 Å². The van der Waals surface area contributed by atoms with Gasteiger partial charge >= 0.3 is 0 Å². The van der Waals surface area contributed by atoms with Crippen molar-refractivity contribution in [2.75, 3.05) is 0 Å². The quantitative estimate of drug-likeness (QED) is 0.620. The number of aromatic nitrogens is 2. The molecule has 0 aliphatic carbocycles. The summed E-state index contributed by atoms with van der Waals surface area (Å²) in [5.41, 5.74) is 1.32. The average Bonchev–Trinajstić information content (AvgIpc) is 2.47. The molecule has 64 valence electrons. The molecule has 2 heterocycles. The normalized spacial score (nSPS) is 15.2. The molecule has 0 fully saturated rings. The van der Waals surface area contributed by atoms with Gasteiger partial charge in [0, 0.05) is 24.5 Å². The predicted molar refractivity (Wildman–Crippen MR) is 50.0 cm³/mol. The first kappa shape index (κ1) is 7.59. The van der Waals surface area contributed by atoms with Crippen molar-refractivity contribution in [3.63, 3.8) is 0 Å². The first-order chi connectivity index (χ1) is 5.79. The van der Waals surface area contributed by atoms with Gasteiger partial charge in [0.1, 0.15) is 5.82 Å². The second-order valence-corrected chi connectivity index (χ2v) is 3.55. The summed E-state index contributed by atoms with van der Waals surface area (Å²) in [5.74, 6) is 1.77. The third-order valence-electron chi connectivity index (χ3n) is 2.28. The van der Waals surface area contributed by atoms with Crippen LogP contribution in [0, 0.1) is 0 Å². The number of hydrogen-bond donors (Lipinski definition) is 0. The fourth-order valence-electron chi connectivity index (χ4n) is 1.59. The number of nitrogens with zero attached hydrogens (tertiary/aromatic N) is 2. The van der Waals surface area contributed by atoms with Gasteiger partial charge in [0.15, 0.2) is 0 Å². The molecule has 0 unspecified atom stereocenters. The summed E-state index contributed by atoms with van der Waals surface area (Å²) < 4.78 is 2.22. The molecule has 2 nitrogen and oxygen atoms in total. The maximum Gasteiger partial charge on any atom is 0.113 e. The third-order valence-corrected chi connectivity index (χ3v) is 2.28. The lowest BCUT2D eigenvalue weighted by atomic mass is 10.1. The van der Waals surface area contributed by atoms with E-state index in [1.54, 1.807) is 0 Å². The van der Waals surface area contributed by atoms with Gasteiger partial charge in [0.05, 0.1) is 0 Å². The van der Waals surface area contributed by atoms with Crippen LogP contribution in [0.15, 0.2) is 12.3 Å². The first-order valence-electron chi connectivity index (χ1n) is 4.51. The summed E-state index contributed by atoms with van der Waals surface area (Å²) in [6, 6.07) is 0. The highest BCUT2D eigenvalue weighted by Gasteiger charge is 2.11. The Bertz CT molecular complexity index is 308. The summed E-state index contributed by atoms with van der Waals surface area (Å²) in [6.45, 7) is 4.40. The smallest absolute Gasteiger partial charge is 0.113 e. The van der Waals surface area contributed by atoms with Crippen LogP contribution in [0.3, 0.4) is 0 Å². The molecule has 1 aliphatic rings. The van der Waals surface area contributed by atoms with Gasteiger partial charge in [-0.2, -0.15) is 0 Å². The fourth-order valence-corrected chi connectivity index (χ4v) is 1.59. The molecule has 0 amide bonds. The van der Waals surface area contributed by atoms with Crippen molar-refractivity contribution in [1.82, 2.24) is 9.55 Å². The van der Waals surface area contributed by atoms with E-state index in [0.29, 0.717) is 5.92 Å². The van der Waals surface area contributed by atoms with E-state index in [9.17, 15) is 0 Å². The molecule has 0 saturated carbocycles. The molecule has 0 saturated heterocycles. The average molecular weight is 162 g/mol. The van der Waals surface area contributed by atoms with Crippen molar-refractivity contribution in [2.24, 2.45) is 0 Å². The summed E-state index contributed by atoms with van der Waals surface area (Å²) in [7, 11) is 0. The van der Waals surface area contributed by atoms with Gasteiger partial charge in [-0.3, -0.25) is 0 Å². The van der Waals surface area contributed by atoms with Crippen LogP contribution >= 0.6 is 0 Å². The maximum absolute atomic E-state index is 4.39. The Balaban J connectivity index is 2.47. The van der Waals surface area contributed by atoms with Crippen molar-refractivity contribution in [2.45, 2.75) is 32.6 Å². The van der Waals surface area contributed by atoms with Gasteiger partial charge in [-0.1, -0.05) is 19.9 Å². The van der Waals surface area contributed by atoms with Crippen molar-refractivity contribution in [3.05, 3.63) is 23.8 Å². The van der Waals surface area contributed by atoms with Crippen LogP contribution in [0.25, 0.3) is 6.20 Å². The summed E-state index contributed by atoms with van der Waals surface area (Å²) in [5, 5.41) is 0. The first-order valence-corrected chi connectivity index (χ1v) is 4.51. The second kappa shape index (κ2) is 2.77. The third kappa shape index (κ3) is 1.07. The van der Waals surface area contributed by atoms with E-state index >= 15 is 0 Å². The van der Waals surface area contributed by atoms with Crippen LogP contribution in [-0.4, -0.2) is 9.55 Å². The lowest BCUT2D eigenvalue weighted by Gasteiger charge is -2.12. The van der Waals surface area contributed by atoms with Crippen LogP contribution in [0.4, 0.5) is 0 Å². The molecular formula is C10H14N2. The van der Waals surface area contributed by atoms with E-state index in [4.69, 9.17) is 0 Å². The lowest BCUT2D eigenvalue weighted by molar-refractivity contribution is 0.758. The minimum Gasteiger partial charge on any atom is -0.308 e. The molecule has 0 spiro atoms. The van der Waals surface area contributed by atoms with Crippen LogP contribution in [0.5, 0.6) is 0 Å². The van der Waals surface area contributed by atoms with E-state index < -0.39 is 0 Å². The molecule has 1 aromatic heterocycles. The van der Waals surface area contributed by atoms with Crippen molar-refractivity contribution >= 4 is 6.20 Å². The van der Waals surface area contributed by atoms with Crippen LogP contribution in [0.2, 0.25) is 0 Å². The zero-order valence-electron chi connectivity index (χ0n) is 7.62. The zero-order valence-corrected chi connectivity index (χ0v) is 7.62. The van der Waals surface area contributed by atoms with E-state index in [1.807, 2.05) is 6.20 Å². The fraction of sp³-hybridized carbons (Fsp3) is 0.500. The van der Waals surface area contributed by atoms with Gasteiger partial charge in [-0.25, -0.2) is 4.98 Å². The summed E-state index contributed by atoms with van der Waals surface area (Å²) in [4.78, 5) is 4.39. The monoisotopic (exact) mass is 162 g/mol. The zero-order chi connectivity index (χ0) is 8.55. The van der Waals surface area contributed by atoms with Crippen molar-refractivity contribution in [1.29, 1.82) is 0 Å². The van der Waals surface area contributed by atoms with Crippen molar-refractivity contribution < 1.29 is 0 Å². The molecule has 0 radical (unpaired) electrons. The van der Waals surface area contributed by atoms with Crippen LogP contribution < -0.4 is 0 Å². The highest BCUT2D eigenvalue weighted by molar-refractivity contribution is 5.33. The Hall–Kier alpha value is -1.05. The highest BCUT2D eigenvalue weighted by atomic mass is 15.1. The minimum atomic E-state index is 0.564. The standard InChI is InChI=1S/C10H14N2/c1-8(2)9-7-11-10-5-3-4-6-12(9)10/h4,6-8H,3,5H2,1-2H3. The molecule has 0 bridgehead atoms. The van der Waals surface area contributed by atoms with E-state index in [-0.39, 0.29) is 0 Å². The molecule has 1 aromatic rings. The van der Waals surface area contributed by atoms with Crippen LogP contribution in [-0.2, 0) is 6.42 Å². The number of allylic oxidation sites excluding steroid dienone is 1. The van der Waals surface area contributed by atoms with Gasteiger partial charge in [-0.05, 0) is 12.3 Å². The predicted octanol–water partition coefficient (Wildman–Crippen LogP) is 2.42. The Labute approximate surface area is 72.9 Å². The van der Waals surface area contributed by atoms with E-state index in [1.165, 1.54) is 11.5 Å². The molecule has 0 atom stereocenters. The van der Waals surface area contributed by atoms with Crippen LogP contribution in [0.1, 0.15) is 37.7 Å². The molecule has 0 N–H and O–H groups in total. The minimum absolute atomic E-state index is 0.564. The van der Waals surface area contributed by atoms with Crippen molar-refractivity contribution in [3.8, 4) is 0 Å². The van der Waals surface area contributed by atoms with E-state index in [2.05, 4.69) is 35.7 Å². The lowest BCUT2D eigenvalue weighted by Crippen LogP contribution is -2.05. The largest absolute Gasteiger partial charge is 0.308 e. The molecule has 2 heteroatoms. The van der Waals surface area contributed by atoms with E-state index in [0.717, 1.165) is 12.8 Å². The summed E-state index contributed by atoms with van der Waals surface area (Å²) in [6.07, 6.45) is 8.56. The Morgan fingerprint density at radius 2 is 2.33 bits per heavy atom. The highest BCUT2D eigenvalue weighted by Crippen LogP contribution is 2.20. The number of fused-ring (bicyclic) bond motifs is 1. The molecule has 0 aromatic carbocycles. The number of rotatable bonds is 1. The molecule has 12 heavy (non-hydrogen) atoms. The maximum atomic E-state index is 4.39. The molecular weight excluding hydrogens is 148 g/mol. The van der Waals surface area contributed by atoms with Gasteiger partial charge < -0.3 is 4.57 Å². The number of aryl methyl sites for hydroxylation is 1. The Kier molecular flexibility index (Phi) is 1.75. The number of hydrogen-bond acceptors (Lipinski definition) is 1. The Morgan fingerprint density at radius 3 is 3.08 bits per heavy atom. The Morgan fingerprint density at radius 1 is 1.50 bits per heavy atom. The second-order valence-electron chi connectivity index (χ2n) is 3.55. The van der Waals surface area contributed by atoms with Gasteiger partial charge in [0.25, 0.3) is 0 Å². The molecule has 1 aliphatic heterocycles. The SMILES string of the molecule is CC(C)c1cnc2n1C=CCC2.